The number of hydrazone groups is 1. The molecule has 0 spiro atoms. The van der Waals surface area contributed by atoms with E-state index in [4.69, 9.17) is 9.15 Å². The molecule has 5 aliphatic rings. The Morgan fingerprint density at radius 1 is 1.12 bits per heavy atom. The summed E-state index contributed by atoms with van der Waals surface area (Å²) in [5.41, 5.74) is 0.134. The number of nitro groups is 1. The maximum atomic E-state index is 13.0. The topological polar surface area (TPSA) is 115 Å². The number of carbonyl (C=O) groups excluding carboxylic acids is 2. The molecular weight excluding hydrogens is 414 g/mol. The predicted molar refractivity (Wildman–Crippen MR) is 111 cm³/mol. The fourth-order valence-corrected chi connectivity index (χ4v) is 5.73. The molecule has 4 aliphatic carbocycles. The van der Waals surface area contributed by atoms with Gasteiger partial charge in [-0.05, 0) is 54.4 Å². The van der Waals surface area contributed by atoms with Crippen LogP contribution in [0.4, 0.5) is 5.69 Å². The van der Waals surface area contributed by atoms with Crippen molar-refractivity contribution in [1.29, 1.82) is 0 Å². The van der Waals surface area contributed by atoms with E-state index in [-0.39, 0.29) is 58.3 Å². The zero-order valence-electron chi connectivity index (χ0n) is 17.1. The molecule has 2 bridgehead atoms. The number of allylic oxidation sites excluding steroid dienone is 2. The molecule has 1 aliphatic heterocycles. The first-order chi connectivity index (χ1) is 15.5. The van der Waals surface area contributed by atoms with Crippen molar-refractivity contribution in [2.75, 3.05) is 7.11 Å². The highest BCUT2D eigenvalue weighted by Gasteiger charge is 2.67. The summed E-state index contributed by atoms with van der Waals surface area (Å²) in [6.45, 7) is 0. The summed E-state index contributed by atoms with van der Waals surface area (Å²) in [5.74, 6) is 1.12. The Balaban J connectivity index is 1.25. The molecule has 3 fully saturated rings. The lowest BCUT2D eigenvalue weighted by molar-refractivity contribution is -0.384. The van der Waals surface area contributed by atoms with Gasteiger partial charge in [0.15, 0.2) is 0 Å². The second-order valence-corrected chi connectivity index (χ2v) is 8.73. The first-order valence-corrected chi connectivity index (χ1v) is 10.5. The molecule has 162 valence electrons. The van der Waals surface area contributed by atoms with Crippen molar-refractivity contribution in [3.05, 3.63) is 58.4 Å². The normalized spacial score (nSPS) is 31.8. The summed E-state index contributed by atoms with van der Waals surface area (Å²) in [7, 11) is 1.43. The number of nitrogens with zero attached hydrogens (tertiary/aromatic N) is 3. The van der Waals surface area contributed by atoms with Gasteiger partial charge < -0.3 is 9.15 Å². The third kappa shape index (κ3) is 2.60. The predicted octanol–water partition coefficient (Wildman–Crippen LogP) is 3.25. The van der Waals surface area contributed by atoms with Crippen LogP contribution in [0.25, 0.3) is 11.3 Å². The first kappa shape index (κ1) is 19.0. The minimum absolute atomic E-state index is 0.137. The van der Waals surface area contributed by atoms with Crippen LogP contribution in [0.2, 0.25) is 0 Å². The van der Waals surface area contributed by atoms with E-state index in [9.17, 15) is 19.7 Å². The molecule has 9 nitrogen and oxygen atoms in total. The zero-order chi connectivity index (χ0) is 22.1. The number of imide groups is 1. The second kappa shape index (κ2) is 6.62. The summed E-state index contributed by atoms with van der Waals surface area (Å²) in [5, 5.41) is 16.6. The molecule has 1 aromatic carbocycles. The third-order valence-corrected chi connectivity index (χ3v) is 7.23. The maximum Gasteiger partial charge on any atom is 0.284 e. The summed E-state index contributed by atoms with van der Waals surface area (Å²) in [6, 6.07) is 7.65. The van der Waals surface area contributed by atoms with Crippen LogP contribution in [0.15, 0.2) is 52.0 Å². The standard InChI is InChI=1S/C23H19N3O6/c1-31-11-2-4-15(18(8-11)26(29)30)19-7-3-12(32-19)10-24-25-22(27)20-13-5-6-14(17-9-16(13)17)21(20)23(25)28/h2-8,10,13-14,16-17,20-21H,9H2,1H3/b24-10-/t13-,14-,16-,17+,20-,21-/m1/s1. The van der Waals surface area contributed by atoms with Gasteiger partial charge in [-0.2, -0.15) is 10.1 Å². The third-order valence-electron chi connectivity index (χ3n) is 7.23. The number of hydrogen-bond acceptors (Lipinski definition) is 7. The number of ether oxygens (including phenoxy) is 1. The van der Waals surface area contributed by atoms with Crippen LogP contribution in [0.5, 0.6) is 5.75 Å². The Morgan fingerprint density at radius 3 is 2.44 bits per heavy atom. The summed E-state index contributed by atoms with van der Waals surface area (Å²) < 4.78 is 10.8. The molecule has 0 unspecified atom stereocenters. The monoisotopic (exact) mass is 433 g/mol. The number of nitro benzene ring substituents is 1. The smallest absolute Gasteiger partial charge is 0.284 e. The van der Waals surface area contributed by atoms with Crippen LogP contribution >= 0.6 is 0 Å². The number of benzene rings is 1. The summed E-state index contributed by atoms with van der Waals surface area (Å²) in [4.78, 5) is 36.9. The van der Waals surface area contributed by atoms with E-state index in [1.807, 2.05) is 0 Å². The molecular formula is C23H19N3O6. The van der Waals surface area contributed by atoms with Gasteiger partial charge in [0.05, 0.1) is 41.7 Å². The SMILES string of the molecule is COc1ccc(-c2ccc(/C=N\N3C(=O)[C@@H]4[C@@H]5C=C[C@H]([C@@H]6C[C@H]56)[C@H]4C3=O)o2)c([N+](=O)[O-])c1. The number of methoxy groups -OCH3 is 1. The molecule has 2 saturated carbocycles. The van der Waals surface area contributed by atoms with Gasteiger partial charge in [0.25, 0.3) is 17.5 Å². The average Bonchev–Trinajstić information content (AvgIpc) is 3.44. The maximum absolute atomic E-state index is 13.0. The number of carbonyl (C=O) groups is 2. The molecule has 2 aromatic rings. The largest absolute Gasteiger partial charge is 0.497 e. The van der Waals surface area contributed by atoms with Gasteiger partial charge in [0, 0.05) is 0 Å². The fourth-order valence-electron chi connectivity index (χ4n) is 5.73. The van der Waals surface area contributed by atoms with Gasteiger partial charge >= 0.3 is 0 Å². The van der Waals surface area contributed by atoms with Crippen molar-refractivity contribution in [3.63, 3.8) is 0 Å². The number of amides is 2. The molecule has 0 N–H and O–H groups in total. The van der Waals surface area contributed by atoms with Crippen molar-refractivity contribution in [3.8, 4) is 17.1 Å². The van der Waals surface area contributed by atoms with Gasteiger partial charge in [-0.3, -0.25) is 19.7 Å². The van der Waals surface area contributed by atoms with Crippen LogP contribution in [-0.2, 0) is 9.59 Å². The Labute approximate surface area is 182 Å². The molecule has 6 atom stereocenters. The van der Waals surface area contributed by atoms with Crippen molar-refractivity contribution in [2.24, 2.45) is 40.6 Å². The second-order valence-electron chi connectivity index (χ2n) is 8.73. The lowest BCUT2D eigenvalue weighted by atomic mass is 9.63. The Kier molecular flexibility index (Phi) is 3.93. The van der Waals surface area contributed by atoms with E-state index in [1.54, 1.807) is 24.3 Å². The van der Waals surface area contributed by atoms with Crippen LogP contribution in [0.3, 0.4) is 0 Å². The van der Waals surface area contributed by atoms with E-state index < -0.39 is 4.92 Å². The Hall–Kier alpha value is -3.75. The highest BCUT2D eigenvalue weighted by molar-refractivity contribution is 6.06. The molecule has 9 heteroatoms. The Bertz CT molecular complexity index is 1190. The number of rotatable bonds is 5. The van der Waals surface area contributed by atoms with Crippen molar-refractivity contribution < 1.29 is 23.7 Å². The van der Waals surface area contributed by atoms with E-state index in [2.05, 4.69) is 17.3 Å². The van der Waals surface area contributed by atoms with E-state index in [1.165, 1.54) is 19.4 Å². The summed E-state index contributed by atoms with van der Waals surface area (Å²) >= 11 is 0. The zero-order valence-corrected chi connectivity index (χ0v) is 17.1. The van der Waals surface area contributed by atoms with Crippen LogP contribution in [-0.4, -0.2) is 35.1 Å². The Morgan fingerprint density at radius 2 is 1.81 bits per heavy atom. The van der Waals surface area contributed by atoms with Crippen molar-refractivity contribution >= 4 is 23.7 Å². The van der Waals surface area contributed by atoms with Gasteiger partial charge in [0.1, 0.15) is 17.3 Å². The van der Waals surface area contributed by atoms with E-state index in [0.29, 0.717) is 17.6 Å². The lowest BCUT2D eigenvalue weighted by Crippen LogP contribution is -2.40. The van der Waals surface area contributed by atoms with Crippen LogP contribution in [0, 0.1) is 45.6 Å². The van der Waals surface area contributed by atoms with Crippen molar-refractivity contribution in [2.45, 2.75) is 6.42 Å². The molecule has 2 heterocycles. The minimum atomic E-state index is -0.510. The van der Waals surface area contributed by atoms with E-state index in [0.717, 1.165) is 11.4 Å². The molecule has 0 radical (unpaired) electrons. The molecule has 2 amide bonds. The molecule has 7 rings (SSSR count). The fraction of sp³-hybridized carbons (Fsp3) is 0.348. The van der Waals surface area contributed by atoms with Crippen LogP contribution < -0.4 is 4.74 Å². The quantitative estimate of drug-likeness (QED) is 0.235. The van der Waals surface area contributed by atoms with Crippen LogP contribution in [0.1, 0.15) is 12.2 Å². The van der Waals surface area contributed by atoms with Gasteiger partial charge in [-0.15, -0.1) is 0 Å². The molecule has 32 heavy (non-hydrogen) atoms. The molecule has 1 saturated heterocycles. The van der Waals surface area contributed by atoms with Gasteiger partial charge in [-0.1, -0.05) is 12.2 Å². The lowest BCUT2D eigenvalue weighted by Gasteiger charge is -2.37. The average molecular weight is 433 g/mol. The summed E-state index contributed by atoms with van der Waals surface area (Å²) in [6.07, 6.45) is 6.63. The number of furan rings is 1. The molecule has 1 aromatic heterocycles. The first-order valence-electron chi connectivity index (χ1n) is 10.5. The van der Waals surface area contributed by atoms with Gasteiger partial charge in [0.2, 0.25) is 0 Å². The highest BCUT2D eigenvalue weighted by atomic mass is 16.6. The van der Waals surface area contributed by atoms with Gasteiger partial charge in [-0.25, -0.2) is 0 Å². The van der Waals surface area contributed by atoms with E-state index >= 15 is 0 Å². The van der Waals surface area contributed by atoms with Crippen molar-refractivity contribution in [1.82, 2.24) is 5.01 Å². The number of hydrogen-bond donors (Lipinski definition) is 0. The highest BCUT2D eigenvalue weighted by Crippen LogP contribution is 2.65. The minimum Gasteiger partial charge on any atom is -0.497 e.